The number of aryl methyl sites for hydroxylation is 1. The highest BCUT2D eigenvalue weighted by Gasteiger charge is 2.17. The third kappa shape index (κ3) is 1.97. The second-order valence-corrected chi connectivity index (χ2v) is 4.78. The topological polar surface area (TPSA) is 42.1 Å². The minimum atomic E-state index is -0.0284. The van der Waals surface area contributed by atoms with Crippen LogP contribution in [0.1, 0.15) is 21.5 Å². The summed E-state index contributed by atoms with van der Waals surface area (Å²) in [6.45, 7) is 2.02. The molecule has 0 saturated carbocycles. The molecule has 0 aliphatic carbocycles. The Hall–Kier alpha value is -2.55. The third-order valence-electron chi connectivity index (χ3n) is 3.43. The zero-order chi connectivity index (χ0) is 14.1. The molecule has 100 valence electrons. The van der Waals surface area contributed by atoms with Crippen LogP contribution in [0.4, 0.5) is 0 Å². The molecule has 0 amide bonds. The fourth-order valence-electron chi connectivity index (χ4n) is 2.40. The maximum absolute atomic E-state index is 12.7. The molecule has 3 heteroatoms. The predicted octanol–water partition coefficient (Wildman–Crippen LogP) is 3.72. The van der Waals surface area contributed by atoms with Gasteiger partial charge < -0.3 is 9.72 Å². The highest BCUT2D eigenvalue weighted by molar-refractivity contribution is 6.17. The van der Waals surface area contributed by atoms with Gasteiger partial charge in [0.2, 0.25) is 0 Å². The van der Waals surface area contributed by atoms with Gasteiger partial charge in [-0.3, -0.25) is 4.79 Å². The fraction of sp³-hybridized carbons (Fsp3) is 0.118. The van der Waals surface area contributed by atoms with Crippen molar-refractivity contribution in [1.29, 1.82) is 0 Å². The molecule has 0 fully saturated rings. The number of nitrogens with one attached hydrogen (secondary N) is 1. The summed E-state index contributed by atoms with van der Waals surface area (Å²) in [6.07, 6.45) is 1.76. The number of carbonyl (C=O) groups is 1. The number of ketones is 1. The molecule has 1 aromatic heterocycles. The second-order valence-electron chi connectivity index (χ2n) is 4.78. The van der Waals surface area contributed by atoms with Gasteiger partial charge in [-0.1, -0.05) is 23.8 Å². The molecule has 1 heterocycles. The predicted molar refractivity (Wildman–Crippen MR) is 79.5 cm³/mol. The van der Waals surface area contributed by atoms with Gasteiger partial charge in [-0.25, -0.2) is 0 Å². The lowest BCUT2D eigenvalue weighted by molar-refractivity contribution is 0.103. The van der Waals surface area contributed by atoms with Crippen molar-refractivity contribution in [3.63, 3.8) is 0 Å². The van der Waals surface area contributed by atoms with E-state index in [1.165, 1.54) is 0 Å². The van der Waals surface area contributed by atoms with Crippen LogP contribution in [0, 0.1) is 6.92 Å². The molecule has 3 nitrogen and oxygen atoms in total. The van der Waals surface area contributed by atoms with Gasteiger partial charge in [-0.15, -0.1) is 0 Å². The summed E-state index contributed by atoms with van der Waals surface area (Å²) in [5.74, 6) is 0.568. The number of aromatic amines is 1. The van der Waals surface area contributed by atoms with E-state index in [4.69, 9.17) is 4.74 Å². The van der Waals surface area contributed by atoms with E-state index in [9.17, 15) is 4.79 Å². The summed E-state index contributed by atoms with van der Waals surface area (Å²) in [5, 5.41) is 0.945. The first-order chi connectivity index (χ1) is 9.70. The second kappa shape index (κ2) is 4.85. The lowest BCUT2D eigenvalue weighted by Gasteiger charge is -2.06. The summed E-state index contributed by atoms with van der Waals surface area (Å²) >= 11 is 0. The molecule has 2 aromatic carbocycles. The first kappa shape index (κ1) is 12.5. The summed E-state index contributed by atoms with van der Waals surface area (Å²) in [6, 6.07) is 13.3. The molecule has 0 aliphatic rings. The lowest BCUT2D eigenvalue weighted by Crippen LogP contribution is -2.03. The molecule has 1 N–H and O–H groups in total. The molecule has 0 radical (unpaired) electrons. The third-order valence-corrected chi connectivity index (χ3v) is 3.43. The fourth-order valence-corrected chi connectivity index (χ4v) is 2.40. The Labute approximate surface area is 117 Å². The van der Waals surface area contributed by atoms with E-state index in [0.717, 1.165) is 16.5 Å². The average molecular weight is 265 g/mol. The van der Waals surface area contributed by atoms with Gasteiger partial charge in [0.25, 0.3) is 0 Å². The molecule has 0 aliphatic heterocycles. The van der Waals surface area contributed by atoms with Gasteiger partial charge in [0.15, 0.2) is 5.78 Å². The van der Waals surface area contributed by atoms with Crippen molar-refractivity contribution in [1.82, 2.24) is 4.98 Å². The van der Waals surface area contributed by atoms with Crippen LogP contribution in [0.25, 0.3) is 10.9 Å². The van der Waals surface area contributed by atoms with Crippen molar-refractivity contribution in [3.8, 4) is 5.75 Å². The van der Waals surface area contributed by atoms with E-state index in [1.54, 1.807) is 25.4 Å². The molecule has 0 bridgehead atoms. The molecule has 3 aromatic rings. The van der Waals surface area contributed by atoms with Gasteiger partial charge in [0.05, 0.1) is 12.7 Å². The maximum Gasteiger partial charge on any atom is 0.198 e. The number of carbonyl (C=O) groups excluding carboxylic acids is 1. The summed E-state index contributed by atoms with van der Waals surface area (Å²) in [5.41, 5.74) is 3.35. The Balaban J connectivity index is 2.15. The summed E-state index contributed by atoms with van der Waals surface area (Å²) in [7, 11) is 1.57. The van der Waals surface area contributed by atoms with Crippen LogP contribution < -0.4 is 4.74 Å². The van der Waals surface area contributed by atoms with Crippen molar-refractivity contribution in [2.45, 2.75) is 6.92 Å². The molecular weight excluding hydrogens is 250 g/mol. The van der Waals surface area contributed by atoms with Crippen LogP contribution >= 0.6 is 0 Å². The Kier molecular flexibility index (Phi) is 3.03. The summed E-state index contributed by atoms with van der Waals surface area (Å²) < 4.78 is 5.27. The normalized spacial score (nSPS) is 10.7. The number of ether oxygens (including phenoxy) is 1. The highest BCUT2D eigenvalue weighted by atomic mass is 16.5. The van der Waals surface area contributed by atoms with E-state index in [1.807, 2.05) is 37.3 Å². The van der Waals surface area contributed by atoms with Gasteiger partial charge in [0, 0.05) is 22.7 Å². The number of methoxy groups -OCH3 is 1. The van der Waals surface area contributed by atoms with Crippen LogP contribution in [-0.4, -0.2) is 17.9 Å². The molecule has 3 rings (SSSR count). The van der Waals surface area contributed by atoms with Crippen LogP contribution in [0.3, 0.4) is 0 Å². The maximum atomic E-state index is 12.7. The smallest absolute Gasteiger partial charge is 0.198 e. The van der Waals surface area contributed by atoms with Crippen molar-refractivity contribution in [2.24, 2.45) is 0 Å². The Bertz CT molecular complexity index is 787. The number of fused-ring (bicyclic) bond motifs is 1. The standard InChI is InChI=1S/C17H15NO2/c1-11-7-8-15-13(9-11)14(10-18-15)17(19)12-5-3-4-6-16(12)20-2/h3-10,18H,1-2H3. The van der Waals surface area contributed by atoms with E-state index in [0.29, 0.717) is 16.9 Å². The van der Waals surface area contributed by atoms with Gasteiger partial charge in [-0.2, -0.15) is 0 Å². The number of para-hydroxylation sites is 1. The van der Waals surface area contributed by atoms with Gasteiger partial charge in [0.1, 0.15) is 5.75 Å². The minimum absolute atomic E-state index is 0.0284. The molecule has 0 atom stereocenters. The van der Waals surface area contributed by atoms with E-state index in [2.05, 4.69) is 4.98 Å². The molecule has 0 spiro atoms. The largest absolute Gasteiger partial charge is 0.496 e. The molecule has 0 saturated heterocycles. The van der Waals surface area contributed by atoms with E-state index < -0.39 is 0 Å². The molecular formula is C17H15NO2. The Morgan fingerprint density at radius 2 is 1.90 bits per heavy atom. The van der Waals surface area contributed by atoms with Crippen molar-refractivity contribution < 1.29 is 9.53 Å². The Morgan fingerprint density at radius 3 is 2.70 bits per heavy atom. The quantitative estimate of drug-likeness (QED) is 0.733. The van der Waals surface area contributed by atoms with Gasteiger partial charge >= 0.3 is 0 Å². The van der Waals surface area contributed by atoms with Crippen LogP contribution in [0.15, 0.2) is 48.7 Å². The number of hydrogen-bond acceptors (Lipinski definition) is 2. The molecule has 0 unspecified atom stereocenters. The first-order valence-electron chi connectivity index (χ1n) is 6.46. The van der Waals surface area contributed by atoms with Crippen molar-refractivity contribution >= 4 is 16.7 Å². The Morgan fingerprint density at radius 1 is 1.10 bits per heavy atom. The zero-order valence-corrected chi connectivity index (χ0v) is 11.4. The summed E-state index contributed by atoms with van der Waals surface area (Å²) in [4.78, 5) is 15.9. The zero-order valence-electron chi connectivity index (χ0n) is 11.4. The monoisotopic (exact) mass is 265 g/mol. The van der Waals surface area contributed by atoms with Crippen molar-refractivity contribution in [2.75, 3.05) is 7.11 Å². The minimum Gasteiger partial charge on any atom is -0.496 e. The van der Waals surface area contributed by atoms with Crippen LogP contribution in [0.5, 0.6) is 5.75 Å². The number of hydrogen-bond donors (Lipinski definition) is 1. The lowest BCUT2D eigenvalue weighted by atomic mass is 10.0. The number of rotatable bonds is 3. The van der Waals surface area contributed by atoms with E-state index in [-0.39, 0.29) is 5.78 Å². The van der Waals surface area contributed by atoms with Gasteiger partial charge in [-0.05, 0) is 31.2 Å². The number of H-pyrrole nitrogens is 1. The average Bonchev–Trinajstić information content (AvgIpc) is 2.89. The molecule has 20 heavy (non-hydrogen) atoms. The highest BCUT2D eigenvalue weighted by Crippen LogP contribution is 2.26. The number of benzene rings is 2. The van der Waals surface area contributed by atoms with Crippen molar-refractivity contribution in [3.05, 3.63) is 65.4 Å². The van der Waals surface area contributed by atoms with E-state index >= 15 is 0 Å². The SMILES string of the molecule is COc1ccccc1C(=O)c1c[nH]c2ccc(C)cc12. The number of aromatic nitrogens is 1. The van der Waals surface area contributed by atoms with Crippen LogP contribution in [0.2, 0.25) is 0 Å². The first-order valence-corrected chi connectivity index (χ1v) is 6.46. The van der Waals surface area contributed by atoms with Crippen LogP contribution in [-0.2, 0) is 0 Å².